The first-order chi connectivity index (χ1) is 14.2. The lowest BCUT2D eigenvalue weighted by Crippen LogP contribution is -2.25. The van der Waals surface area contributed by atoms with Crippen LogP contribution in [-0.4, -0.2) is 57.0 Å². The third-order valence-electron chi connectivity index (χ3n) is 4.14. The molecule has 174 valence electrons. The van der Waals surface area contributed by atoms with Crippen molar-refractivity contribution in [2.24, 2.45) is 0 Å². The summed E-state index contributed by atoms with van der Waals surface area (Å²) in [4.78, 5) is 21.9. The van der Waals surface area contributed by atoms with Crippen molar-refractivity contribution < 1.29 is 44.7 Å². The Balaban J connectivity index is 1.72. The van der Waals surface area contributed by atoms with Gasteiger partial charge in [0, 0.05) is 0 Å². The van der Waals surface area contributed by atoms with Gasteiger partial charge in [-0.05, 0) is 12.8 Å². The fourth-order valence-electron chi connectivity index (χ4n) is 2.56. The highest BCUT2D eigenvalue weighted by molar-refractivity contribution is 7.53. The van der Waals surface area contributed by atoms with E-state index < -0.39 is 50.7 Å². The average Bonchev–Trinajstić information content (AvgIpc) is 3.29. The zero-order chi connectivity index (χ0) is 23.1. The molecule has 0 unspecified atom stereocenters. The van der Waals surface area contributed by atoms with E-state index in [0.29, 0.717) is 12.8 Å². The van der Waals surface area contributed by atoms with Gasteiger partial charge in [-0.25, -0.2) is 4.98 Å². The first-order valence-corrected chi connectivity index (χ1v) is 10.3. The molecule has 0 amide bonds. The Labute approximate surface area is 169 Å². The number of halogens is 6. The number of nitrogens with zero attached hydrogens (tertiary/aromatic N) is 3. The summed E-state index contributed by atoms with van der Waals surface area (Å²) in [5.74, 6) is -0.185. The maximum Gasteiger partial charge on any atom is 0.412 e. The Morgan fingerprint density at radius 2 is 1.74 bits per heavy atom. The van der Waals surface area contributed by atoms with Crippen LogP contribution in [0.25, 0.3) is 11.2 Å². The predicted molar refractivity (Wildman–Crippen MR) is 92.1 cm³/mol. The second-order valence-electron chi connectivity index (χ2n) is 6.84. The largest absolute Gasteiger partial charge is 0.412 e. The number of imidazole rings is 1. The SMILES string of the molecule is Nc1nc2c(ncn2CC2(OCP(=O)(OCC(F)(F)F)OCC(F)(F)F)CC2)c(=O)[nH]1. The van der Waals surface area contributed by atoms with E-state index in [1.54, 1.807) is 0 Å². The smallest absolute Gasteiger partial charge is 0.369 e. The van der Waals surface area contributed by atoms with Gasteiger partial charge < -0.3 is 15.0 Å². The number of ether oxygens (including phenoxy) is 1. The van der Waals surface area contributed by atoms with Gasteiger partial charge in [0.25, 0.3) is 5.56 Å². The van der Waals surface area contributed by atoms with Crippen molar-refractivity contribution in [2.45, 2.75) is 37.3 Å². The van der Waals surface area contributed by atoms with Gasteiger partial charge in [-0.15, -0.1) is 0 Å². The Hall–Kier alpha value is -2.16. The van der Waals surface area contributed by atoms with Crippen molar-refractivity contribution in [2.75, 3.05) is 25.3 Å². The minimum Gasteiger partial charge on any atom is -0.369 e. The molecule has 0 aromatic carbocycles. The number of anilines is 1. The number of nitrogens with two attached hydrogens (primary N) is 1. The molecule has 1 saturated carbocycles. The lowest BCUT2D eigenvalue weighted by Gasteiger charge is -2.23. The summed E-state index contributed by atoms with van der Waals surface area (Å²) in [6.45, 7) is -4.18. The summed E-state index contributed by atoms with van der Waals surface area (Å²) < 4.78 is 102. The Bertz CT molecular complexity index is 1020. The minimum atomic E-state index is -4.94. The van der Waals surface area contributed by atoms with E-state index in [2.05, 4.69) is 24.0 Å². The van der Waals surface area contributed by atoms with Crippen LogP contribution in [0.2, 0.25) is 0 Å². The van der Waals surface area contributed by atoms with Crippen LogP contribution in [0.3, 0.4) is 0 Å². The summed E-state index contributed by atoms with van der Waals surface area (Å²) in [6.07, 6.45) is -9.10. The van der Waals surface area contributed by atoms with Gasteiger partial charge in [-0.3, -0.25) is 23.4 Å². The molecule has 0 radical (unpaired) electrons. The monoisotopic (exact) mass is 479 g/mol. The molecule has 0 bridgehead atoms. The molecule has 2 aromatic rings. The standard InChI is InChI=1S/C14H16F6N5O5P/c15-13(16,17)4-29-31(27,30-5-14(18,19)20)7-28-12(1-2-12)3-25-6-22-8-9(25)23-11(21)24-10(8)26/h6H,1-5,7H2,(H3,21,23,24,26). The molecular weight excluding hydrogens is 463 g/mol. The van der Waals surface area contributed by atoms with E-state index in [0.717, 1.165) is 0 Å². The maximum absolute atomic E-state index is 12.4. The van der Waals surface area contributed by atoms with Crippen LogP contribution in [0.4, 0.5) is 32.3 Å². The molecule has 1 aliphatic carbocycles. The van der Waals surface area contributed by atoms with Crippen molar-refractivity contribution in [3.05, 3.63) is 16.7 Å². The molecule has 2 aromatic heterocycles. The number of fused-ring (bicyclic) bond motifs is 1. The van der Waals surface area contributed by atoms with E-state index in [9.17, 15) is 35.7 Å². The quantitative estimate of drug-likeness (QED) is 0.414. The van der Waals surface area contributed by atoms with E-state index in [-0.39, 0.29) is 23.7 Å². The molecule has 3 N–H and O–H groups in total. The highest BCUT2D eigenvalue weighted by Crippen LogP contribution is 2.53. The van der Waals surface area contributed by atoms with Gasteiger partial charge in [0.05, 0.1) is 18.5 Å². The first-order valence-electron chi connectivity index (χ1n) is 8.56. The molecule has 1 aliphatic rings. The van der Waals surface area contributed by atoms with E-state index in [1.165, 1.54) is 10.9 Å². The highest BCUT2D eigenvalue weighted by atomic mass is 31.2. The number of H-pyrrole nitrogens is 1. The normalized spacial score (nSPS) is 16.7. The zero-order valence-corrected chi connectivity index (χ0v) is 16.4. The van der Waals surface area contributed by atoms with Gasteiger partial charge in [0.15, 0.2) is 24.4 Å². The van der Waals surface area contributed by atoms with Crippen molar-refractivity contribution in [3.63, 3.8) is 0 Å². The van der Waals surface area contributed by atoms with Crippen molar-refractivity contribution >= 4 is 24.7 Å². The third-order valence-corrected chi connectivity index (χ3v) is 5.63. The topological polar surface area (TPSA) is 134 Å². The van der Waals surface area contributed by atoms with Gasteiger partial charge in [-0.2, -0.15) is 31.3 Å². The molecule has 1 fully saturated rings. The van der Waals surface area contributed by atoms with Crippen LogP contribution in [0, 0.1) is 0 Å². The molecule has 31 heavy (non-hydrogen) atoms. The molecule has 0 spiro atoms. The van der Waals surface area contributed by atoms with Gasteiger partial charge in [0.1, 0.15) is 6.35 Å². The van der Waals surface area contributed by atoms with Crippen molar-refractivity contribution in [1.29, 1.82) is 0 Å². The average molecular weight is 479 g/mol. The summed E-state index contributed by atoms with van der Waals surface area (Å²) in [5, 5.41) is 0. The molecule has 10 nitrogen and oxygen atoms in total. The number of alkyl halides is 6. The van der Waals surface area contributed by atoms with Crippen molar-refractivity contribution in [3.8, 4) is 0 Å². The zero-order valence-electron chi connectivity index (χ0n) is 15.5. The third kappa shape index (κ3) is 6.41. The number of aromatic amines is 1. The molecular formula is C14H16F6N5O5P. The number of rotatable bonds is 9. The highest BCUT2D eigenvalue weighted by Gasteiger charge is 2.48. The predicted octanol–water partition coefficient (Wildman–Crippen LogP) is 2.56. The van der Waals surface area contributed by atoms with Crippen LogP contribution < -0.4 is 11.3 Å². The Kier molecular flexibility index (Phi) is 6.12. The second kappa shape index (κ2) is 8.07. The van der Waals surface area contributed by atoms with Crippen LogP contribution in [0.5, 0.6) is 0 Å². The molecule has 0 saturated heterocycles. The van der Waals surface area contributed by atoms with Crippen LogP contribution in [0.15, 0.2) is 11.1 Å². The van der Waals surface area contributed by atoms with Crippen molar-refractivity contribution in [1.82, 2.24) is 19.5 Å². The molecule has 0 aliphatic heterocycles. The van der Waals surface area contributed by atoms with Gasteiger partial charge in [0.2, 0.25) is 5.95 Å². The summed E-state index contributed by atoms with van der Waals surface area (Å²) >= 11 is 0. The summed E-state index contributed by atoms with van der Waals surface area (Å²) in [7, 11) is -4.90. The maximum atomic E-state index is 12.4. The molecule has 17 heteroatoms. The molecule has 0 atom stereocenters. The lowest BCUT2D eigenvalue weighted by molar-refractivity contribution is -0.166. The summed E-state index contributed by atoms with van der Waals surface area (Å²) in [5.41, 5.74) is 3.87. The first kappa shape index (κ1) is 23.5. The van der Waals surface area contributed by atoms with Gasteiger partial charge in [-0.1, -0.05) is 0 Å². The van der Waals surface area contributed by atoms with Gasteiger partial charge >= 0.3 is 19.9 Å². The number of nitrogens with one attached hydrogen (secondary N) is 1. The van der Waals surface area contributed by atoms with E-state index in [4.69, 9.17) is 10.5 Å². The second-order valence-corrected chi connectivity index (χ2v) is 8.84. The van der Waals surface area contributed by atoms with E-state index in [1.807, 2.05) is 0 Å². The number of aromatic nitrogens is 4. The number of hydrogen-bond donors (Lipinski definition) is 2. The molecule has 2 heterocycles. The number of nitrogen functional groups attached to an aromatic ring is 1. The van der Waals surface area contributed by atoms with Crippen LogP contribution >= 0.6 is 7.60 Å². The van der Waals surface area contributed by atoms with Crippen LogP contribution in [0.1, 0.15) is 12.8 Å². The number of hydrogen-bond acceptors (Lipinski definition) is 8. The Morgan fingerprint density at radius 1 is 1.16 bits per heavy atom. The van der Waals surface area contributed by atoms with Crippen LogP contribution in [-0.2, 0) is 24.9 Å². The molecule has 3 rings (SSSR count). The van der Waals surface area contributed by atoms with E-state index >= 15 is 0 Å². The lowest BCUT2D eigenvalue weighted by atomic mass is 10.3. The minimum absolute atomic E-state index is 0.0298. The fraction of sp³-hybridized carbons (Fsp3) is 0.643. The Morgan fingerprint density at radius 3 is 2.26 bits per heavy atom. The fourth-order valence-corrected chi connectivity index (χ4v) is 3.90. The summed E-state index contributed by atoms with van der Waals surface area (Å²) in [6, 6.07) is 0.